The molecular formula is C20H24N2O2S. The minimum atomic E-state index is -0.322. The number of nitrogens with one attached hydrogen (secondary N) is 2. The van der Waals surface area contributed by atoms with Gasteiger partial charge in [0.25, 0.3) is 5.91 Å². The van der Waals surface area contributed by atoms with Crippen molar-refractivity contribution < 1.29 is 9.59 Å². The molecule has 5 heteroatoms. The second kappa shape index (κ2) is 8.21. The number of rotatable bonds is 4. The number of amides is 2. The van der Waals surface area contributed by atoms with Crippen molar-refractivity contribution in [2.24, 2.45) is 0 Å². The number of hydrogen-bond acceptors (Lipinski definition) is 3. The summed E-state index contributed by atoms with van der Waals surface area (Å²) < 4.78 is 0. The first-order valence-corrected chi connectivity index (χ1v) is 9.14. The van der Waals surface area contributed by atoms with Crippen molar-refractivity contribution in [3.05, 3.63) is 63.7 Å². The van der Waals surface area contributed by atoms with Crippen LogP contribution >= 0.6 is 11.8 Å². The largest absolute Gasteiger partial charge is 0.272 e. The molecule has 132 valence electrons. The van der Waals surface area contributed by atoms with E-state index < -0.39 is 0 Å². The van der Waals surface area contributed by atoms with Crippen molar-refractivity contribution in [1.82, 2.24) is 10.9 Å². The van der Waals surface area contributed by atoms with E-state index in [0.717, 1.165) is 10.5 Å². The highest BCUT2D eigenvalue weighted by atomic mass is 32.2. The van der Waals surface area contributed by atoms with E-state index in [1.165, 1.54) is 34.0 Å². The third kappa shape index (κ3) is 4.86. The molecule has 2 aromatic carbocycles. The second-order valence-electron chi connectivity index (χ2n) is 6.25. The van der Waals surface area contributed by atoms with Gasteiger partial charge in [-0.2, -0.15) is 0 Å². The van der Waals surface area contributed by atoms with E-state index in [0.29, 0.717) is 5.56 Å². The van der Waals surface area contributed by atoms with Crippen molar-refractivity contribution in [3.63, 3.8) is 0 Å². The molecule has 0 saturated carbocycles. The Bertz CT molecular complexity index is 772. The fourth-order valence-electron chi connectivity index (χ4n) is 2.47. The topological polar surface area (TPSA) is 58.2 Å². The summed E-state index contributed by atoms with van der Waals surface area (Å²) in [6.45, 7) is 10.3. The molecule has 2 amide bonds. The van der Waals surface area contributed by atoms with Gasteiger partial charge in [-0.25, -0.2) is 0 Å². The highest BCUT2D eigenvalue weighted by molar-refractivity contribution is 8.00. The molecule has 0 aliphatic carbocycles. The second-order valence-corrected chi connectivity index (χ2v) is 7.23. The Labute approximate surface area is 153 Å². The van der Waals surface area contributed by atoms with E-state index in [9.17, 15) is 9.59 Å². The van der Waals surface area contributed by atoms with E-state index in [1.54, 1.807) is 12.1 Å². The molecule has 0 unspecified atom stereocenters. The fourth-order valence-corrected chi connectivity index (χ4v) is 3.58. The van der Waals surface area contributed by atoms with Gasteiger partial charge < -0.3 is 0 Å². The van der Waals surface area contributed by atoms with Gasteiger partial charge in [-0.05, 0) is 69.0 Å². The van der Waals surface area contributed by atoms with E-state index in [4.69, 9.17) is 0 Å². The van der Waals surface area contributed by atoms with Crippen LogP contribution in [0.4, 0.5) is 0 Å². The van der Waals surface area contributed by atoms with Gasteiger partial charge in [0, 0.05) is 10.5 Å². The maximum atomic E-state index is 12.1. The average molecular weight is 356 g/mol. The number of carbonyl (C=O) groups excluding carboxylic acids is 2. The molecule has 0 aliphatic heterocycles. The maximum Gasteiger partial charge on any atom is 0.269 e. The van der Waals surface area contributed by atoms with Crippen LogP contribution in [0.15, 0.2) is 35.2 Å². The first-order chi connectivity index (χ1) is 11.8. The lowest BCUT2D eigenvalue weighted by molar-refractivity contribution is -0.119. The molecule has 0 fully saturated rings. The van der Waals surface area contributed by atoms with Crippen LogP contribution in [-0.2, 0) is 4.79 Å². The van der Waals surface area contributed by atoms with Gasteiger partial charge in [0.05, 0.1) is 5.75 Å². The van der Waals surface area contributed by atoms with E-state index in [-0.39, 0.29) is 17.6 Å². The summed E-state index contributed by atoms with van der Waals surface area (Å²) in [6.07, 6.45) is 0. The molecule has 0 atom stereocenters. The molecule has 0 aliphatic rings. The maximum absolute atomic E-state index is 12.1. The van der Waals surface area contributed by atoms with Gasteiger partial charge >= 0.3 is 0 Å². The molecule has 0 spiro atoms. The zero-order chi connectivity index (χ0) is 18.6. The van der Waals surface area contributed by atoms with Gasteiger partial charge in [-0.1, -0.05) is 23.8 Å². The lowest BCUT2D eigenvalue weighted by Crippen LogP contribution is -2.42. The normalized spacial score (nSPS) is 10.4. The van der Waals surface area contributed by atoms with Crippen molar-refractivity contribution in [1.29, 1.82) is 0 Å². The summed E-state index contributed by atoms with van der Waals surface area (Å²) in [5.74, 6) is -0.306. The molecule has 0 heterocycles. The van der Waals surface area contributed by atoms with Crippen LogP contribution in [0.3, 0.4) is 0 Å². The predicted octanol–water partition coefficient (Wildman–Crippen LogP) is 3.78. The van der Waals surface area contributed by atoms with Gasteiger partial charge in [-0.15, -0.1) is 11.8 Å². The van der Waals surface area contributed by atoms with Crippen molar-refractivity contribution in [2.45, 2.75) is 39.5 Å². The van der Waals surface area contributed by atoms with E-state index >= 15 is 0 Å². The Morgan fingerprint density at radius 3 is 2.00 bits per heavy atom. The molecule has 2 N–H and O–H groups in total. The molecule has 0 bridgehead atoms. The molecule has 25 heavy (non-hydrogen) atoms. The quantitative estimate of drug-likeness (QED) is 0.647. The molecule has 0 aromatic heterocycles. The third-order valence-corrected chi connectivity index (χ3v) is 5.58. The first kappa shape index (κ1) is 19.1. The summed E-state index contributed by atoms with van der Waals surface area (Å²) in [4.78, 5) is 25.2. The molecule has 2 aromatic rings. The minimum Gasteiger partial charge on any atom is -0.272 e. The summed E-state index contributed by atoms with van der Waals surface area (Å²) in [6, 6.07) is 9.34. The monoisotopic (exact) mass is 356 g/mol. The first-order valence-electron chi connectivity index (χ1n) is 8.15. The number of benzene rings is 2. The van der Waals surface area contributed by atoms with Gasteiger partial charge in [-0.3, -0.25) is 20.4 Å². The van der Waals surface area contributed by atoms with E-state index in [2.05, 4.69) is 44.6 Å². The van der Waals surface area contributed by atoms with Crippen LogP contribution in [-0.4, -0.2) is 17.6 Å². The molecule has 2 rings (SSSR count). The van der Waals surface area contributed by atoms with Crippen LogP contribution in [0, 0.1) is 34.6 Å². The fraction of sp³-hybridized carbons (Fsp3) is 0.300. The van der Waals surface area contributed by atoms with E-state index in [1.807, 2.05) is 19.1 Å². The number of thioether (sulfide) groups is 1. The number of hydrazine groups is 1. The van der Waals surface area contributed by atoms with Gasteiger partial charge in [0.2, 0.25) is 5.91 Å². The third-order valence-electron chi connectivity index (χ3n) is 4.27. The lowest BCUT2D eigenvalue weighted by atomic mass is 10.0. The van der Waals surface area contributed by atoms with Crippen LogP contribution in [0.5, 0.6) is 0 Å². The Morgan fingerprint density at radius 1 is 0.880 bits per heavy atom. The van der Waals surface area contributed by atoms with Crippen molar-refractivity contribution >= 4 is 23.6 Å². The number of hydrogen-bond donors (Lipinski definition) is 2. The Kier molecular flexibility index (Phi) is 6.26. The zero-order valence-corrected chi connectivity index (χ0v) is 16.1. The number of carbonyl (C=O) groups is 2. The summed E-state index contributed by atoms with van der Waals surface area (Å²) >= 11 is 1.50. The van der Waals surface area contributed by atoms with Crippen molar-refractivity contribution in [3.8, 4) is 0 Å². The highest BCUT2D eigenvalue weighted by Crippen LogP contribution is 2.30. The van der Waals surface area contributed by atoms with Crippen molar-refractivity contribution in [2.75, 3.05) is 5.75 Å². The molecule has 4 nitrogen and oxygen atoms in total. The van der Waals surface area contributed by atoms with Crippen LogP contribution in [0.2, 0.25) is 0 Å². The Balaban J connectivity index is 1.91. The summed E-state index contributed by atoms with van der Waals surface area (Å²) in [5.41, 5.74) is 11.4. The Hall–Kier alpha value is -2.27. The molecule has 0 saturated heterocycles. The molecular weight excluding hydrogens is 332 g/mol. The van der Waals surface area contributed by atoms with Crippen LogP contribution in [0.1, 0.15) is 38.2 Å². The van der Waals surface area contributed by atoms with Crippen LogP contribution in [0.25, 0.3) is 0 Å². The van der Waals surface area contributed by atoms with Gasteiger partial charge in [0.1, 0.15) is 0 Å². The highest BCUT2D eigenvalue weighted by Gasteiger charge is 2.12. The van der Waals surface area contributed by atoms with Gasteiger partial charge in [0.15, 0.2) is 0 Å². The average Bonchev–Trinajstić information content (AvgIpc) is 2.58. The SMILES string of the molecule is Cc1ccc(C(=O)NNC(=O)CSc2c(C)c(C)cc(C)c2C)cc1. The predicted molar refractivity (Wildman–Crippen MR) is 103 cm³/mol. The lowest BCUT2D eigenvalue weighted by Gasteiger charge is -2.14. The standard InChI is InChI=1S/C20H24N2O2S/c1-12-6-8-17(9-7-12)20(24)22-21-18(23)11-25-19-15(4)13(2)10-14(3)16(19)5/h6-10H,11H2,1-5H3,(H,21,23)(H,22,24). The van der Waals surface area contributed by atoms with Crippen LogP contribution < -0.4 is 10.9 Å². The number of aryl methyl sites for hydroxylation is 3. The smallest absolute Gasteiger partial charge is 0.269 e. The zero-order valence-electron chi connectivity index (χ0n) is 15.3. The summed E-state index contributed by atoms with van der Waals surface area (Å²) in [5, 5.41) is 0. The molecule has 0 radical (unpaired) electrons. The minimum absolute atomic E-state index is 0.233. The summed E-state index contributed by atoms with van der Waals surface area (Å²) in [7, 11) is 0. The Morgan fingerprint density at radius 2 is 1.44 bits per heavy atom.